The quantitative estimate of drug-likeness (QED) is 0.752. The molecule has 0 aliphatic rings. The van der Waals surface area contributed by atoms with Crippen molar-refractivity contribution < 1.29 is 4.79 Å². The van der Waals surface area contributed by atoms with Crippen molar-refractivity contribution in [3.8, 4) is 0 Å². The molecule has 4 nitrogen and oxygen atoms in total. The number of carbonyl (C=O) groups is 1. The molecule has 0 spiro atoms. The van der Waals surface area contributed by atoms with Gasteiger partial charge >= 0.3 is 0 Å². The number of hydrogen-bond acceptors (Lipinski definition) is 2. The molecule has 1 amide bonds. The number of hydrogen-bond donors (Lipinski definition) is 3. The number of carbonyl (C=O) groups excluding carboxylic acids is 1. The summed E-state index contributed by atoms with van der Waals surface area (Å²) in [6, 6.07) is 7.98. The number of fused-ring (bicyclic) bond motifs is 1. The normalized spacial score (nSPS) is 12.6. The Morgan fingerprint density at radius 2 is 2.17 bits per heavy atom. The molecule has 0 aliphatic carbocycles. The predicted molar refractivity (Wildman–Crippen MR) is 73.3 cm³/mol. The zero-order valence-corrected chi connectivity index (χ0v) is 10.8. The molecule has 1 atom stereocenters. The molecule has 0 bridgehead atoms. The summed E-state index contributed by atoms with van der Waals surface area (Å²) in [7, 11) is 0. The lowest BCUT2D eigenvalue weighted by Gasteiger charge is -2.12. The number of aromatic nitrogens is 1. The summed E-state index contributed by atoms with van der Waals surface area (Å²) in [5.74, 6) is 0.0392. The lowest BCUT2D eigenvalue weighted by molar-refractivity contribution is -0.122. The van der Waals surface area contributed by atoms with Crippen LogP contribution in [0.1, 0.15) is 19.4 Å². The molecular formula is C14H19N3O. The van der Waals surface area contributed by atoms with Crippen molar-refractivity contribution in [2.24, 2.45) is 0 Å². The summed E-state index contributed by atoms with van der Waals surface area (Å²) in [4.78, 5) is 14.8. The van der Waals surface area contributed by atoms with Crippen LogP contribution in [0.15, 0.2) is 30.5 Å². The lowest BCUT2D eigenvalue weighted by atomic mass is 10.1. The Morgan fingerprint density at radius 1 is 1.39 bits per heavy atom. The van der Waals surface area contributed by atoms with Crippen LogP contribution in [0.25, 0.3) is 10.9 Å². The molecule has 0 radical (unpaired) electrons. The standard InChI is InChI=1S/C14H19N3O/c1-3-15-14(18)10(2)16-8-11-9-17-13-7-5-4-6-12(11)13/h4-7,9-10,16-17H,3,8H2,1-2H3,(H,15,18). The summed E-state index contributed by atoms with van der Waals surface area (Å²) in [5, 5.41) is 7.23. The van der Waals surface area contributed by atoms with E-state index in [-0.39, 0.29) is 11.9 Å². The van der Waals surface area contributed by atoms with Crippen molar-refractivity contribution in [2.75, 3.05) is 6.54 Å². The molecule has 0 aliphatic heterocycles. The van der Waals surface area contributed by atoms with Gasteiger partial charge in [0.15, 0.2) is 0 Å². The first kappa shape index (κ1) is 12.6. The third-order valence-electron chi connectivity index (χ3n) is 3.02. The predicted octanol–water partition coefficient (Wildman–Crippen LogP) is 1.78. The van der Waals surface area contributed by atoms with Gasteiger partial charge in [-0.3, -0.25) is 4.79 Å². The monoisotopic (exact) mass is 245 g/mol. The summed E-state index contributed by atoms with van der Waals surface area (Å²) in [5.41, 5.74) is 2.31. The van der Waals surface area contributed by atoms with E-state index in [2.05, 4.69) is 21.7 Å². The second kappa shape index (κ2) is 5.69. The first-order valence-electron chi connectivity index (χ1n) is 6.28. The van der Waals surface area contributed by atoms with Crippen LogP contribution in [0.3, 0.4) is 0 Å². The van der Waals surface area contributed by atoms with Gasteiger partial charge in [-0.2, -0.15) is 0 Å². The van der Waals surface area contributed by atoms with E-state index in [0.29, 0.717) is 13.1 Å². The molecule has 18 heavy (non-hydrogen) atoms. The van der Waals surface area contributed by atoms with Gasteiger partial charge in [-0.05, 0) is 25.5 Å². The average molecular weight is 245 g/mol. The number of nitrogens with one attached hydrogen (secondary N) is 3. The fraction of sp³-hybridized carbons (Fsp3) is 0.357. The van der Waals surface area contributed by atoms with E-state index in [1.807, 2.05) is 38.2 Å². The molecule has 2 rings (SSSR count). The fourth-order valence-corrected chi connectivity index (χ4v) is 1.96. The topological polar surface area (TPSA) is 56.9 Å². The Bertz CT molecular complexity index is 533. The van der Waals surface area contributed by atoms with E-state index >= 15 is 0 Å². The van der Waals surface area contributed by atoms with E-state index in [9.17, 15) is 4.79 Å². The zero-order chi connectivity index (χ0) is 13.0. The van der Waals surface area contributed by atoms with Gasteiger partial charge in [0, 0.05) is 30.2 Å². The van der Waals surface area contributed by atoms with Gasteiger partial charge in [-0.15, -0.1) is 0 Å². The Morgan fingerprint density at radius 3 is 2.94 bits per heavy atom. The minimum Gasteiger partial charge on any atom is -0.361 e. The third kappa shape index (κ3) is 2.71. The highest BCUT2D eigenvalue weighted by Gasteiger charge is 2.11. The molecule has 4 heteroatoms. The van der Waals surface area contributed by atoms with Crippen LogP contribution < -0.4 is 10.6 Å². The summed E-state index contributed by atoms with van der Waals surface area (Å²) in [6.07, 6.45) is 1.99. The first-order valence-corrected chi connectivity index (χ1v) is 6.28. The van der Waals surface area contributed by atoms with E-state index < -0.39 is 0 Å². The van der Waals surface area contributed by atoms with Crippen molar-refractivity contribution in [1.29, 1.82) is 0 Å². The number of benzene rings is 1. The summed E-state index contributed by atoms with van der Waals surface area (Å²) >= 11 is 0. The lowest BCUT2D eigenvalue weighted by Crippen LogP contribution is -2.41. The van der Waals surface area contributed by atoms with Crippen LogP contribution in [0.2, 0.25) is 0 Å². The molecule has 1 aromatic carbocycles. The summed E-state index contributed by atoms with van der Waals surface area (Å²) < 4.78 is 0. The number of aromatic amines is 1. The smallest absolute Gasteiger partial charge is 0.236 e. The first-order chi connectivity index (χ1) is 8.72. The number of rotatable bonds is 5. The van der Waals surface area contributed by atoms with E-state index in [0.717, 1.165) is 5.52 Å². The van der Waals surface area contributed by atoms with Crippen LogP contribution in [-0.4, -0.2) is 23.5 Å². The van der Waals surface area contributed by atoms with Gasteiger partial charge in [0.1, 0.15) is 0 Å². The van der Waals surface area contributed by atoms with E-state index in [1.54, 1.807) is 0 Å². The van der Waals surface area contributed by atoms with Gasteiger partial charge in [0.2, 0.25) is 5.91 Å². The summed E-state index contributed by atoms with van der Waals surface area (Å²) in [6.45, 7) is 5.14. The highest BCUT2D eigenvalue weighted by atomic mass is 16.2. The molecule has 0 saturated heterocycles. The Labute approximate surface area is 107 Å². The zero-order valence-electron chi connectivity index (χ0n) is 10.8. The third-order valence-corrected chi connectivity index (χ3v) is 3.02. The van der Waals surface area contributed by atoms with Crippen molar-refractivity contribution in [3.63, 3.8) is 0 Å². The Hall–Kier alpha value is -1.81. The molecule has 1 heterocycles. The van der Waals surface area contributed by atoms with Crippen molar-refractivity contribution in [2.45, 2.75) is 26.4 Å². The van der Waals surface area contributed by atoms with Gasteiger partial charge in [-0.1, -0.05) is 18.2 Å². The molecule has 3 N–H and O–H groups in total. The molecule has 1 unspecified atom stereocenters. The van der Waals surface area contributed by atoms with Crippen molar-refractivity contribution >= 4 is 16.8 Å². The maximum Gasteiger partial charge on any atom is 0.236 e. The van der Waals surface area contributed by atoms with Gasteiger partial charge in [-0.25, -0.2) is 0 Å². The highest BCUT2D eigenvalue weighted by molar-refractivity contribution is 5.83. The number of H-pyrrole nitrogens is 1. The largest absolute Gasteiger partial charge is 0.361 e. The van der Waals surface area contributed by atoms with Gasteiger partial charge in [0.05, 0.1) is 6.04 Å². The molecule has 0 saturated carbocycles. The van der Waals surface area contributed by atoms with Gasteiger partial charge < -0.3 is 15.6 Å². The van der Waals surface area contributed by atoms with Crippen LogP contribution in [-0.2, 0) is 11.3 Å². The second-order valence-electron chi connectivity index (χ2n) is 4.36. The number of amides is 1. The highest BCUT2D eigenvalue weighted by Crippen LogP contribution is 2.17. The molecule has 2 aromatic rings. The Kier molecular flexibility index (Phi) is 3.99. The van der Waals surface area contributed by atoms with Crippen LogP contribution in [0, 0.1) is 0 Å². The second-order valence-corrected chi connectivity index (χ2v) is 4.36. The minimum absolute atomic E-state index is 0.0392. The average Bonchev–Trinajstić information content (AvgIpc) is 2.79. The van der Waals surface area contributed by atoms with Crippen LogP contribution in [0.5, 0.6) is 0 Å². The molecular weight excluding hydrogens is 226 g/mol. The maximum atomic E-state index is 11.6. The van der Waals surface area contributed by atoms with Crippen molar-refractivity contribution in [3.05, 3.63) is 36.0 Å². The van der Waals surface area contributed by atoms with Crippen LogP contribution in [0.4, 0.5) is 0 Å². The maximum absolute atomic E-state index is 11.6. The van der Waals surface area contributed by atoms with Crippen LogP contribution >= 0.6 is 0 Å². The number of likely N-dealkylation sites (N-methyl/N-ethyl adjacent to an activating group) is 1. The molecule has 96 valence electrons. The van der Waals surface area contributed by atoms with E-state index in [4.69, 9.17) is 0 Å². The minimum atomic E-state index is -0.182. The van der Waals surface area contributed by atoms with Gasteiger partial charge in [0.25, 0.3) is 0 Å². The Balaban J connectivity index is 2.00. The number of para-hydroxylation sites is 1. The molecule has 1 aromatic heterocycles. The molecule has 0 fully saturated rings. The SMILES string of the molecule is CCNC(=O)C(C)NCc1c[nH]c2ccccc12. The van der Waals surface area contributed by atoms with E-state index in [1.165, 1.54) is 10.9 Å². The fourth-order valence-electron chi connectivity index (χ4n) is 1.96. The van der Waals surface area contributed by atoms with Crippen molar-refractivity contribution in [1.82, 2.24) is 15.6 Å².